The van der Waals surface area contributed by atoms with Gasteiger partial charge in [0.15, 0.2) is 12.4 Å². The van der Waals surface area contributed by atoms with Gasteiger partial charge in [0, 0.05) is 30.0 Å². The van der Waals surface area contributed by atoms with Crippen molar-refractivity contribution in [1.82, 2.24) is 9.29 Å². The number of Topliss-reactive ketones (excluding diaryl/α,β-unsaturated/α-hetero) is 1. The van der Waals surface area contributed by atoms with Gasteiger partial charge in [0.1, 0.15) is 5.69 Å². The number of rotatable bonds is 7. The molecule has 0 saturated carbocycles. The predicted octanol–water partition coefficient (Wildman–Crippen LogP) is 1.96. The van der Waals surface area contributed by atoms with Crippen molar-refractivity contribution in [3.05, 3.63) is 46.3 Å². The fourth-order valence-corrected chi connectivity index (χ4v) is 5.42. The van der Waals surface area contributed by atoms with E-state index in [1.54, 1.807) is 32.9 Å². The molecule has 3 rings (SSSR count). The summed E-state index contributed by atoms with van der Waals surface area (Å²) < 4.78 is 37.6. The normalized spacial score (nSPS) is 14.7. The fourth-order valence-electron chi connectivity index (χ4n) is 3.76. The molecule has 178 valence electrons. The van der Waals surface area contributed by atoms with E-state index in [0.29, 0.717) is 35.6 Å². The number of H-pyrrole nitrogens is 1. The first kappa shape index (κ1) is 24.6. The number of aromatic nitrogens is 1. The summed E-state index contributed by atoms with van der Waals surface area (Å²) in [4.78, 5) is 39.3. The molecule has 33 heavy (non-hydrogen) atoms. The third kappa shape index (κ3) is 5.32. The topological polar surface area (TPSA) is 135 Å². The van der Waals surface area contributed by atoms with Gasteiger partial charge in [-0.1, -0.05) is 6.07 Å². The van der Waals surface area contributed by atoms with Crippen LogP contribution >= 0.6 is 0 Å². The molecule has 0 bridgehead atoms. The zero-order valence-electron chi connectivity index (χ0n) is 19.0. The van der Waals surface area contributed by atoms with Gasteiger partial charge >= 0.3 is 5.97 Å². The van der Waals surface area contributed by atoms with E-state index in [0.717, 1.165) is 0 Å². The molecule has 1 aromatic carbocycles. The van der Waals surface area contributed by atoms with Gasteiger partial charge in [-0.2, -0.15) is 4.31 Å². The number of anilines is 1. The van der Waals surface area contributed by atoms with E-state index in [1.807, 2.05) is 0 Å². The van der Waals surface area contributed by atoms with E-state index in [9.17, 15) is 22.8 Å². The average Bonchev–Trinajstić information content (AvgIpc) is 3.08. The molecule has 2 heterocycles. The number of esters is 1. The Balaban J connectivity index is 1.68. The van der Waals surface area contributed by atoms with E-state index < -0.39 is 28.5 Å². The number of morpholine rings is 1. The molecule has 0 atom stereocenters. The molecule has 0 radical (unpaired) electrons. The number of hydrogen-bond donors (Lipinski definition) is 2. The molecule has 1 saturated heterocycles. The average molecular weight is 478 g/mol. The van der Waals surface area contributed by atoms with Crippen molar-refractivity contribution in [2.45, 2.75) is 32.6 Å². The van der Waals surface area contributed by atoms with Crippen LogP contribution in [0.4, 0.5) is 5.69 Å². The summed E-state index contributed by atoms with van der Waals surface area (Å²) in [6, 6.07) is 4.56. The molecule has 10 nitrogen and oxygen atoms in total. The van der Waals surface area contributed by atoms with Gasteiger partial charge in [0.2, 0.25) is 10.0 Å². The lowest BCUT2D eigenvalue weighted by molar-refractivity contribution is -0.119. The summed E-state index contributed by atoms with van der Waals surface area (Å²) >= 11 is 0. The maximum atomic E-state index is 13.0. The lowest BCUT2D eigenvalue weighted by Gasteiger charge is -2.26. The van der Waals surface area contributed by atoms with Crippen LogP contribution in [0, 0.1) is 20.8 Å². The van der Waals surface area contributed by atoms with Crippen molar-refractivity contribution < 1.29 is 32.3 Å². The zero-order chi connectivity index (χ0) is 24.3. The van der Waals surface area contributed by atoms with Crippen LogP contribution in [-0.2, 0) is 24.3 Å². The van der Waals surface area contributed by atoms with Gasteiger partial charge in [0.05, 0.1) is 18.1 Å². The number of nitrogens with zero attached hydrogens (tertiary/aromatic N) is 1. The summed E-state index contributed by atoms with van der Waals surface area (Å²) in [6.45, 7) is 6.98. The fraction of sp³-hybridized carbons (Fsp3) is 0.409. The summed E-state index contributed by atoms with van der Waals surface area (Å²) in [7, 11) is -3.74. The minimum Gasteiger partial charge on any atom is -0.451 e. The van der Waals surface area contributed by atoms with Crippen LogP contribution in [0.15, 0.2) is 23.1 Å². The van der Waals surface area contributed by atoms with Gasteiger partial charge in [-0.05, 0) is 51.0 Å². The molecule has 1 amide bonds. The second-order valence-electron chi connectivity index (χ2n) is 7.80. The predicted molar refractivity (Wildman–Crippen MR) is 120 cm³/mol. The Morgan fingerprint density at radius 1 is 1.15 bits per heavy atom. The highest BCUT2D eigenvalue weighted by Crippen LogP contribution is 2.24. The maximum absolute atomic E-state index is 13.0. The number of ether oxygens (including phenoxy) is 2. The van der Waals surface area contributed by atoms with E-state index in [1.165, 1.54) is 17.3 Å². The van der Waals surface area contributed by atoms with Crippen LogP contribution in [0.25, 0.3) is 0 Å². The van der Waals surface area contributed by atoms with E-state index in [-0.39, 0.29) is 35.1 Å². The number of aryl methyl sites for hydroxylation is 2. The first-order valence-electron chi connectivity index (χ1n) is 10.4. The summed E-state index contributed by atoms with van der Waals surface area (Å²) in [5.74, 6) is -1.58. The van der Waals surface area contributed by atoms with Gasteiger partial charge in [-0.25, -0.2) is 13.2 Å². The number of benzene rings is 1. The van der Waals surface area contributed by atoms with E-state index in [4.69, 9.17) is 9.47 Å². The molecule has 0 spiro atoms. The number of ketones is 1. The largest absolute Gasteiger partial charge is 0.451 e. The highest BCUT2D eigenvalue weighted by Gasteiger charge is 2.28. The third-order valence-corrected chi connectivity index (χ3v) is 7.43. The Labute approximate surface area is 192 Å². The van der Waals surface area contributed by atoms with Crippen LogP contribution in [0.3, 0.4) is 0 Å². The van der Waals surface area contributed by atoms with Crippen molar-refractivity contribution in [2.24, 2.45) is 0 Å². The summed E-state index contributed by atoms with van der Waals surface area (Å²) in [5, 5.41) is 2.55. The van der Waals surface area contributed by atoms with Crippen LogP contribution in [0.1, 0.15) is 44.6 Å². The zero-order valence-corrected chi connectivity index (χ0v) is 19.8. The molecule has 1 aliphatic heterocycles. The SMILES string of the molecule is CC(=O)c1c(C)[nH]c(C(=O)OCC(=O)Nc2ccc(C)c(S(=O)(=O)N3CCOCC3)c2)c1C. The van der Waals surface area contributed by atoms with Crippen LogP contribution in [-0.4, -0.2) is 68.3 Å². The van der Waals surface area contributed by atoms with Gasteiger partial charge in [0.25, 0.3) is 5.91 Å². The molecule has 0 aliphatic carbocycles. The smallest absolute Gasteiger partial charge is 0.355 e. The van der Waals surface area contributed by atoms with E-state index >= 15 is 0 Å². The van der Waals surface area contributed by atoms with Gasteiger partial charge in [-0.15, -0.1) is 0 Å². The standard InChI is InChI=1S/C22H27N3O7S/c1-13-5-6-17(11-18(13)33(29,30)25-7-9-31-10-8-25)24-19(27)12-32-22(28)21-14(2)20(16(4)26)15(3)23-21/h5-6,11,23H,7-10,12H2,1-4H3,(H,24,27). The quantitative estimate of drug-likeness (QED) is 0.460. The Morgan fingerprint density at radius 2 is 1.82 bits per heavy atom. The number of nitrogens with one attached hydrogen (secondary N) is 2. The monoisotopic (exact) mass is 477 g/mol. The molecule has 0 unspecified atom stereocenters. The number of hydrogen-bond acceptors (Lipinski definition) is 7. The number of sulfonamides is 1. The Morgan fingerprint density at radius 3 is 2.42 bits per heavy atom. The highest BCUT2D eigenvalue weighted by molar-refractivity contribution is 7.89. The first-order valence-corrected chi connectivity index (χ1v) is 11.8. The molecule has 2 N–H and O–H groups in total. The Hall–Kier alpha value is -3.02. The van der Waals surface area contributed by atoms with Crippen molar-refractivity contribution in [3.8, 4) is 0 Å². The van der Waals surface area contributed by atoms with Crippen molar-refractivity contribution in [3.63, 3.8) is 0 Å². The third-order valence-electron chi connectivity index (χ3n) is 5.39. The van der Waals surface area contributed by atoms with Crippen molar-refractivity contribution >= 4 is 33.4 Å². The summed E-state index contributed by atoms with van der Waals surface area (Å²) in [6.07, 6.45) is 0. The lowest BCUT2D eigenvalue weighted by atomic mass is 10.1. The van der Waals surface area contributed by atoms with Crippen LogP contribution in [0.2, 0.25) is 0 Å². The van der Waals surface area contributed by atoms with Crippen LogP contribution < -0.4 is 5.32 Å². The molecule has 1 fully saturated rings. The molecular weight excluding hydrogens is 450 g/mol. The molecule has 1 aromatic heterocycles. The van der Waals surface area contributed by atoms with E-state index in [2.05, 4.69) is 10.3 Å². The Kier molecular flexibility index (Phi) is 7.35. The van der Waals surface area contributed by atoms with Crippen molar-refractivity contribution in [2.75, 3.05) is 38.2 Å². The van der Waals surface area contributed by atoms with Crippen LogP contribution in [0.5, 0.6) is 0 Å². The minimum absolute atomic E-state index is 0.0912. The molecular formula is C22H27N3O7S. The van der Waals surface area contributed by atoms with Gasteiger partial charge in [-0.3, -0.25) is 9.59 Å². The number of aromatic amines is 1. The molecule has 2 aromatic rings. The Bertz CT molecular complexity index is 1190. The second kappa shape index (κ2) is 9.86. The minimum atomic E-state index is -3.74. The first-order chi connectivity index (χ1) is 15.5. The highest BCUT2D eigenvalue weighted by atomic mass is 32.2. The molecule has 11 heteroatoms. The van der Waals surface area contributed by atoms with Gasteiger partial charge < -0.3 is 19.8 Å². The maximum Gasteiger partial charge on any atom is 0.355 e. The second-order valence-corrected chi connectivity index (χ2v) is 9.71. The lowest BCUT2D eigenvalue weighted by Crippen LogP contribution is -2.40. The number of carbonyl (C=O) groups is 3. The summed E-state index contributed by atoms with van der Waals surface area (Å²) in [5.41, 5.74) is 2.34. The number of carbonyl (C=O) groups excluding carboxylic acids is 3. The number of amides is 1. The van der Waals surface area contributed by atoms with Crippen molar-refractivity contribution in [1.29, 1.82) is 0 Å². The molecule has 1 aliphatic rings.